The fourth-order valence-electron chi connectivity index (χ4n) is 0. The van der Waals surface area contributed by atoms with E-state index in [1.165, 1.54) is 0 Å². The van der Waals surface area contributed by atoms with Crippen molar-refractivity contribution < 1.29 is 95.2 Å². The maximum absolute atomic E-state index is 0. The SMILES string of the molecule is O.[BaH2].[Cu].[Gd].[Y]. The van der Waals surface area contributed by atoms with Gasteiger partial charge in [0.2, 0.25) is 0 Å². The van der Waals surface area contributed by atoms with Gasteiger partial charge in [-0.25, -0.2) is 0 Å². The second-order valence-electron chi connectivity index (χ2n) is 0. The minimum atomic E-state index is 0. The maximum atomic E-state index is 0. The molecule has 0 aromatic carbocycles. The van der Waals surface area contributed by atoms with Crippen molar-refractivity contribution in [3.63, 3.8) is 0 Å². The summed E-state index contributed by atoms with van der Waals surface area (Å²) in [5.74, 6) is 0. The molecule has 5 heteroatoms. The molecule has 1 nitrogen and oxygen atoms in total. The average molecular weight is 467 g/mol. The third-order valence-electron chi connectivity index (χ3n) is 0. The van der Waals surface area contributed by atoms with Crippen molar-refractivity contribution in [2.45, 2.75) is 0 Å². The van der Waals surface area contributed by atoms with Gasteiger partial charge in [0.15, 0.2) is 0 Å². The van der Waals surface area contributed by atoms with Crippen LogP contribution in [0, 0.1) is 39.9 Å². The molecule has 0 saturated carbocycles. The van der Waals surface area contributed by atoms with Crippen LogP contribution in [0.4, 0.5) is 0 Å². The Bertz CT molecular complexity index is 11.6. The molecule has 0 aliphatic heterocycles. The summed E-state index contributed by atoms with van der Waals surface area (Å²) in [5, 5.41) is 0. The van der Waals surface area contributed by atoms with Crippen molar-refractivity contribution in [1.82, 2.24) is 0 Å². The minimum absolute atomic E-state index is 0. The van der Waals surface area contributed by atoms with Crippen LogP contribution in [0.1, 0.15) is 0 Å². The van der Waals surface area contributed by atoms with Crippen LogP contribution in [0.15, 0.2) is 0 Å². The fourth-order valence-corrected chi connectivity index (χ4v) is 0. The molecule has 0 aromatic heterocycles. The summed E-state index contributed by atoms with van der Waals surface area (Å²) in [6, 6.07) is 0. The largest absolute Gasteiger partial charge is 0 e. The third-order valence-corrected chi connectivity index (χ3v) is 0. The smallest absolute Gasteiger partial charge is 0 e. The van der Waals surface area contributed by atoms with Crippen LogP contribution in [0.5, 0.6) is 0 Å². The fraction of sp³-hybridized carbons (Fsp3) is 0. The molecule has 0 unspecified atom stereocenters. The van der Waals surface area contributed by atoms with Gasteiger partial charge in [0.25, 0.3) is 0 Å². The Morgan fingerprint density at radius 3 is 1.00 bits per heavy atom. The molecule has 5 heavy (non-hydrogen) atoms. The third kappa shape index (κ3) is 17.7. The predicted octanol–water partition coefficient (Wildman–Crippen LogP) is -1.75. The van der Waals surface area contributed by atoms with E-state index < -0.39 is 0 Å². The van der Waals surface area contributed by atoms with E-state index in [9.17, 15) is 0 Å². The minimum Gasteiger partial charge on any atom is 0 e. The topological polar surface area (TPSA) is 31.5 Å². The van der Waals surface area contributed by atoms with Gasteiger partial charge in [0, 0.05) is 89.7 Å². The zero-order valence-electron chi connectivity index (χ0n) is 1.73. The summed E-state index contributed by atoms with van der Waals surface area (Å²) in [6.07, 6.45) is 0. The molecule has 0 aliphatic carbocycles. The van der Waals surface area contributed by atoms with Crippen molar-refractivity contribution >= 4 is 48.9 Å². The first kappa shape index (κ1) is 34.0. The van der Waals surface area contributed by atoms with Crippen molar-refractivity contribution in [2.24, 2.45) is 0 Å². The first-order valence-electron chi connectivity index (χ1n) is 0. The van der Waals surface area contributed by atoms with E-state index in [1.807, 2.05) is 0 Å². The van der Waals surface area contributed by atoms with Gasteiger partial charge in [-0.05, 0) is 0 Å². The Labute approximate surface area is 140 Å². The van der Waals surface area contributed by atoms with Gasteiger partial charge in [0.1, 0.15) is 0 Å². The second kappa shape index (κ2) is 23.6. The molecule has 0 heterocycles. The van der Waals surface area contributed by atoms with E-state index in [2.05, 4.69) is 0 Å². The van der Waals surface area contributed by atoms with Crippen LogP contribution in [-0.4, -0.2) is 54.4 Å². The van der Waals surface area contributed by atoms with Crippen LogP contribution < -0.4 is 0 Å². The molecular formula is H4BaCuGdOY. The standard InChI is InChI=1S/Ba.Cu.Gd.H2O.Y.2H/h;;;1H2;;;. The molecule has 2 N–H and O–H groups in total. The molecule has 0 rings (SSSR count). The van der Waals surface area contributed by atoms with Gasteiger partial charge < -0.3 is 5.48 Å². The van der Waals surface area contributed by atoms with Gasteiger partial charge in [-0.15, -0.1) is 0 Å². The summed E-state index contributed by atoms with van der Waals surface area (Å²) in [5.41, 5.74) is 0. The normalized spacial score (nSPS) is 0. The first-order chi connectivity index (χ1) is 0. The van der Waals surface area contributed by atoms with E-state index in [1.54, 1.807) is 0 Å². The van der Waals surface area contributed by atoms with Gasteiger partial charge in [0.05, 0.1) is 0 Å². The van der Waals surface area contributed by atoms with E-state index in [0.29, 0.717) is 0 Å². The number of hydrogen-bond donors (Lipinski definition) is 0. The van der Waals surface area contributed by atoms with E-state index >= 15 is 0 Å². The zero-order valence-corrected chi connectivity index (χ0v) is 7.78. The van der Waals surface area contributed by atoms with Crippen LogP contribution in [0.25, 0.3) is 0 Å². The molecule has 0 aromatic rings. The van der Waals surface area contributed by atoms with E-state index in [-0.39, 0.29) is 144 Å². The quantitative estimate of drug-likeness (QED) is 0.379. The molecule has 0 saturated heterocycles. The Morgan fingerprint density at radius 2 is 1.00 bits per heavy atom. The molecule has 34 valence electrons. The molecule has 0 atom stereocenters. The number of rotatable bonds is 0. The summed E-state index contributed by atoms with van der Waals surface area (Å²) in [6.45, 7) is 0. The molecule has 0 amide bonds. The average Bonchev–Trinajstić information content (AvgIpc) is 0. The summed E-state index contributed by atoms with van der Waals surface area (Å²) in [7, 11) is 0. The molecule has 0 aliphatic rings. The van der Waals surface area contributed by atoms with Gasteiger partial charge >= 0.3 is 48.9 Å². The predicted molar refractivity (Wildman–Crippen MR) is 12.2 cm³/mol. The molecule has 2 radical (unpaired) electrons. The van der Waals surface area contributed by atoms with Gasteiger partial charge in [-0.1, -0.05) is 0 Å². The van der Waals surface area contributed by atoms with Crippen molar-refractivity contribution in [3.05, 3.63) is 0 Å². The first-order valence-corrected chi connectivity index (χ1v) is 0. The summed E-state index contributed by atoms with van der Waals surface area (Å²) in [4.78, 5) is 0. The van der Waals surface area contributed by atoms with Crippen molar-refractivity contribution in [3.8, 4) is 0 Å². The number of hydrogen-bond acceptors (Lipinski definition) is 0. The van der Waals surface area contributed by atoms with Gasteiger partial charge in [-0.3, -0.25) is 0 Å². The Morgan fingerprint density at radius 1 is 1.00 bits per heavy atom. The molecule has 0 bridgehead atoms. The monoisotopic (exact) mass is 468 g/mol. The molecule has 0 fully saturated rings. The van der Waals surface area contributed by atoms with E-state index in [4.69, 9.17) is 0 Å². The second-order valence-corrected chi connectivity index (χ2v) is 0. The zero-order chi connectivity index (χ0) is 0. The summed E-state index contributed by atoms with van der Waals surface area (Å²) < 4.78 is 0. The summed E-state index contributed by atoms with van der Waals surface area (Å²) >= 11 is 0. The van der Waals surface area contributed by atoms with Gasteiger partial charge in [-0.2, -0.15) is 0 Å². The van der Waals surface area contributed by atoms with Crippen LogP contribution in [0.3, 0.4) is 0 Å². The van der Waals surface area contributed by atoms with Crippen LogP contribution in [0.2, 0.25) is 0 Å². The van der Waals surface area contributed by atoms with Crippen LogP contribution >= 0.6 is 0 Å². The van der Waals surface area contributed by atoms with Crippen molar-refractivity contribution in [1.29, 1.82) is 0 Å². The van der Waals surface area contributed by atoms with E-state index in [0.717, 1.165) is 0 Å². The van der Waals surface area contributed by atoms with Crippen LogP contribution in [-0.2, 0) is 49.8 Å². The molecule has 0 spiro atoms. The Kier molecular flexibility index (Phi) is 161. The van der Waals surface area contributed by atoms with Crippen molar-refractivity contribution in [2.75, 3.05) is 0 Å². The Balaban J connectivity index is 0. The molecular weight excluding hydrogens is 463 g/mol. The Hall–Kier alpha value is 4.48. The maximum Gasteiger partial charge on any atom is 0 e.